The molecular weight excluding hydrogens is 230 g/mol. The fourth-order valence-corrected chi connectivity index (χ4v) is 1.72. The number of thiocarbonyl (C=S) groups is 1. The average molecular weight is 243 g/mol. The van der Waals surface area contributed by atoms with Gasteiger partial charge in [0.25, 0.3) is 5.17 Å². The van der Waals surface area contributed by atoms with Gasteiger partial charge in [-0.2, -0.15) is 0 Å². The zero-order chi connectivity index (χ0) is 12.1. The molecule has 0 radical (unpaired) electrons. The first-order valence-corrected chi connectivity index (χ1v) is 5.75. The maximum Gasteiger partial charge on any atom is 0.259 e. The van der Waals surface area contributed by atoms with Gasteiger partial charge in [0.15, 0.2) is 0 Å². The van der Waals surface area contributed by atoms with Crippen molar-refractivity contribution in [1.29, 1.82) is 0 Å². The predicted octanol–water partition coefficient (Wildman–Crippen LogP) is 2.90. The van der Waals surface area contributed by atoms with Crippen molar-refractivity contribution < 1.29 is 4.74 Å². The fourth-order valence-electron chi connectivity index (χ4n) is 1.62. The number of benzene rings is 2. The Bertz CT molecular complexity index is 493. The third kappa shape index (κ3) is 3.57. The summed E-state index contributed by atoms with van der Waals surface area (Å²) in [5, 5.41) is 0.0424. The van der Waals surface area contributed by atoms with Gasteiger partial charge in [-0.15, -0.1) is 0 Å². The summed E-state index contributed by atoms with van der Waals surface area (Å²) < 4.78 is 5.13. The van der Waals surface area contributed by atoms with Crippen LogP contribution in [0.15, 0.2) is 54.6 Å². The van der Waals surface area contributed by atoms with E-state index in [0.29, 0.717) is 5.75 Å². The van der Waals surface area contributed by atoms with Gasteiger partial charge in [0.05, 0.1) is 0 Å². The topological polar surface area (TPSA) is 35.2 Å². The van der Waals surface area contributed by atoms with Crippen LogP contribution in [-0.4, -0.2) is 5.17 Å². The molecule has 0 bridgehead atoms. The van der Waals surface area contributed by atoms with Crippen LogP contribution in [0.25, 0.3) is 0 Å². The molecule has 2 rings (SSSR count). The average Bonchev–Trinajstić information content (AvgIpc) is 2.32. The molecule has 0 saturated carbocycles. The van der Waals surface area contributed by atoms with Crippen LogP contribution < -0.4 is 10.5 Å². The summed E-state index contributed by atoms with van der Waals surface area (Å²) in [5.41, 5.74) is 7.81. The van der Waals surface area contributed by atoms with Crippen molar-refractivity contribution in [2.45, 2.75) is 6.42 Å². The number of rotatable bonds is 3. The minimum atomic E-state index is 0.0424. The van der Waals surface area contributed by atoms with Gasteiger partial charge in [0, 0.05) is 0 Å². The molecule has 0 amide bonds. The first-order chi connectivity index (χ1) is 8.24. The summed E-state index contributed by atoms with van der Waals surface area (Å²) in [6.45, 7) is 0. The molecule has 0 aromatic heterocycles. The highest BCUT2D eigenvalue weighted by molar-refractivity contribution is 7.80. The molecule has 0 spiro atoms. The summed E-state index contributed by atoms with van der Waals surface area (Å²) in [6.07, 6.45) is 0.911. The van der Waals surface area contributed by atoms with Gasteiger partial charge in [0.1, 0.15) is 5.75 Å². The van der Waals surface area contributed by atoms with Gasteiger partial charge in [-0.25, -0.2) is 0 Å². The number of hydrogen-bond donors (Lipinski definition) is 1. The molecule has 86 valence electrons. The minimum absolute atomic E-state index is 0.0424. The highest BCUT2D eigenvalue weighted by Crippen LogP contribution is 2.15. The maximum absolute atomic E-state index is 5.30. The van der Waals surface area contributed by atoms with E-state index in [4.69, 9.17) is 10.5 Å². The van der Waals surface area contributed by atoms with Crippen LogP contribution in [0.4, 0.5) is 0 Å². The normalized spacial score (nSPS) is 9.88. The van der Waals surface area contributed by atoms with Crippen LogP contribution in [0.1, 0.15) is 11.1 Å². The molecule has 0 unspecified atom stereocenters. The van der Waals surface area contributed by atoms with Crippen LogP contribution in [0.3, 0.4) is 0 Å². The monoisotopic (exact) mass is 243 g/mol. The second kappa shape index (κ2) is 5.46. The van der Waals surface area contributed by atoms with Crippen molar-refractivity contribution in [3.63, 3.8) is 0 Å². The lowest BCUT2D eigenvalue weighted by atomic mass is 10.1. The minimum Gasteiger partial charge on any atom is -0.432 e. The van der Waals surface area contributed by atoms with Gasteiger partial charge in [-0.3, -0.25) is 0 Å². The van der Waals surface area contributed by atoms with Gasteiger partial charge >= 0.3 is 0 Å². The maximum atomic E-state index is 5.30. The molecule has 0 aliphatic carbocycles. The van der Waals surface area contributed by atoms with Gasteiger partial charge in [-0.05, 0) is 41.9 Å². The van der Waals surface area contributed by atoms with Gasteiger partial charge in [0.2, 0.25) is 0 Å². The lowest BCUT2D eigenvalue weighted by molar-refractivity contribution is 0.557. The molecule has 0 heterocycles. The Labute approximate surface area is 106 Å². The molecule has 2 aromatic rings. The predicted molar refractivity (Wildman–Crippen MR) is 73.1 cm³/mol. The van der Waals surface area contributed by atoms with Crippen molar-refractivity contribution in [1.82, 2.24) is 0 Å². The van der Waals surface area contributed by atoms with Crippen LogP contribution in [0.5, 0.6) is 5.75 Å². The highest BCUT2D eigenvalue weighted by atomic mass is 32.1. The zero-order valence-electron chi connectivity index (χ0n) is 9.30. The Morgan fingerprint density at radius 2 is 1.53 bits per heavy atom. The SMILES string of the molecule is NC(=S)Oc1ccc(Cc2ccccc2)cc1. The zero-order valence-corrected chi connectivity index (χ0v) is 10.1. The first-order valence-electron chi connectivity index (χ1n) is 5.34. The van der Waals surface area contributed by atoms with Crippen LogP contribution >= 0.6 is 12.2 Å². The lowest BCUT2D eigenvalue weighted by Crippen LogP contribution is -2.15. The standard InChI is InChI=1S/C14H13NOS/c15-14(17)16-13-8-6-12(7-9-13)10-11-4-2-1-3-5-11/h1-9H,10H2,(H2,15,17). The van der Waals surface area contributed by atoms with E-state index in [9.17, 15) is 0 Å². The van der Waals surface area contributed by atoms with Crippen molar-refractivity contribution in [2.75, 3.05) is 0 Å². The number of ether oxygens (including phenoxy) is 1. The number of hydrogen-bond acceptors (Lipinski definition) is 2. The third-order valence-electron chi connectivity index (χ3n) is 2.39. The smallest absolute Gasteiger partial charge is 0.259 e. The van der Waals surface area contributed by atoms with Crippen LogP contribution in [0.2, 0.25) is 0 Å². The van der Waals surface area contributed by atoms with Crippen molar-refractivity contribution in [3.05, 3.63) is 65.7 Å². The molecule has 3 heteroatoms. The van der Waals surface area contributed by atoms with E-state index < -0.39 is 0 Å². The second-order valence-electron chi connectivity index (χ2n) is 3.73. The molecule has 0 saturated heterocycles. The third-order valence-corrected chi connectivity index (χ3v) is 2.48. The first kappa shape index (κ1) is 11.6. The molecule has 0 aliphatic heterocycles. The summed E-state index contributed by atoms with van der Waals surface area (Å²) in [7, 11) is 0. The van der Waals surface area contributed by atoms with E-state index in [1.54, 1.807) is 0 Å². The second-order valence-corrected chi connectivity index (χ2v) is 4.13. The molecule has 0 atom stereocenters. The molecule has 2 aromatic carbocycles. The quantitative estimate of drug-likeness (QED) is 0.842. The van der Waals surface area contributed by atoms with E-state index >= 15 is 0 Å². The Morgan fingerprint density at radius 1 is 0.941 bits per heavy atom. The highest BCUT2D eigenvalue weighted by Gasteiger charge is 1.98. The summed E-state index contributed by atoms with van der Waals surface area (Å²) in [6, 6.07) is 18.1. The molecule has 17 heavy (non-hydrogen) atoms. The molecular formula is C14H13NOS. The Balaban J connectivity index is 2.06. The van der Waals surface area contributed by atoms with Crippen molar-refractivity contribution >= 4 is 17.4 Å². The van der Waals surface area contributed by atoms with Crippen molar-refractivity contribution in [2.24, 2.45) is 5.73 Å². The van der Waals surface area contributed by atoms with Crippen molar-refractivity contribution in [3.8, 4) is 5.75 Å². The number of nitrogens with two attached hydrogens (primary N) is 1. The molecule has 0 fully saturated rings. The van der Waals surface area contributed by atoms with E-state index in [0.717, 1.165) is 6.42 Å². The van der Waals surface area contributed by atoms with Gasteiger partial charge < -0.3 is 10.5 Å². The van der Waals surface area contributed by atoms with Crippen LogP contribution in [-0.2, 0) is 6.42 Å². The Kier molecular flexibility index (Phi) is 3.73. The molecule has 2 N–H and O–H groups in total. The molecule has 0 aliphatic rings. The Hall–Kier alpha value is -1.87. The summed E-state index contributed by atoms with van der Waals surface area (Å²) >= 11 is 4.67. The van der Waals surface area contributed by atoms with Crippen LogP contribution in [0, 0.1) is 0 Å². The van der Waals surface area contributed by atoms with E-state index in [2.05, 4.69) is 24.4 Å². The molecule has 2 nitrogen and oxygen atoms in total. The summed E-state index contributed by atoms with van der Waals surface area (Å²) in [4.78, 5) is 0. The lowest BCUT2D eigenvalue weighted by Gasteiger charge is -2.05. The van der Waals surface area contributed by atoms with Gasteiger partial charge in [-0.1, -0.05) is 42.5 Å². The fraction of sp³-hybridized carbons (Fsp3) is 0.0714. The Morgan fingerprint density at radius 3 is 2.12 bits per heavy atom. The van der Waals surface area contributed by atoms with E-state index in [-0.39, 0.29) is 5.17 Å². The largest absolute Gasteiger partial charge is 0.432 e. The van der Waals surface area contributed by atoms with E-state index in [1.165, 1.54) is 11.1 Å². The summed E-state index contributed by atoms with van der Waals surface area (Å²) in [5.74, 6) is 0.675. The van der Waals surface area contributed by atoms with E-state index in [1.807, 2.05) is 42.5 Å².